The second kappa shape index (κ2) is 10.7. The van der Waals surface area contributed by atoms with E-state index in [9.17, 15) is 9.59 Å². The van der Waals surface area contributed by atoms with Crippen LogP contribution in [0.4, 0.5) is 0 Å². The fraction of sp³-hybridized carbons (Fsp3) is 0.875. The van der Waals surface area contributed by atoms with Gasteiger partial charge in [0, 0.05) is 12.8 Å². The first-order valence-electron chi connectivity index (χ1n) is 8.07. The zero-order valence-corrected chi connectivity index (χ0v) is 12.7. The molecule has 0 spiro atoms. The molecular formula is C16H28O4. The van der Waals surface area contributed by atoms with Gasteiger partial charge in [0.05, 0.1) is 6.61 Å². The number of unbranched alkanes of at least 4 members (excludes halogenated alkanes) is 1. The number of carbonyl (C=O) groups excluding carboxylic acids is 2. The highest BCUT2D eigenvalue weighted by Gasteiger charge is 2.16. The van der Waals surface area contributed by atoms with Crippen LogP contribution in [0.15, 0.2) is 0 Å². The molecule has 20 heavy (non-hydrogen) atoms. The summed E-state index contributed by atoms with van der Waals surface area (Å²) in [5.74, 6) is -0.275. The van der Waals surface area contributed by atoms with Crippen LogP contribution in [0.5, 0.6) is 0 Å². The quantitative estimate of drug-likeness (QED) is 0.387. The molecule has 0 saturated heterocycles. The molecule has 0 unspecified atom stereocenters. The van der Waals surface area contributed by atoms with Crippen molar-refractivity contribution in [1.82, 2.24) is 0 Å². The lowest BCUT2D eigenvalue weighted by Gasteiger charge is -2.15. The molecule has 0 aromatic carbocycles. The first kappa shape index (κ1) is 17.0. The Morgan fingerprint density at radius 2 is 1.55 bits per heavy atom. The lowest BCUT2D eigenvalue weighted by atomic mass is 10.1. The molecule has 0 N–H and O–H groups in total. The number of rotatable bonds is 8. The highest BCUT2D eigenvalue weighted by atomic mass is 16.5. The molecular weight excluding hydrogens is 256 g/mol. The van der Waals surface area contributed by atoms with Crippen LogP contribution in [0.2, 0.25) is 0 Å². The van der Waals surface area contributed by atoms with E-state index in [2.05, 4.69) is 0 Å². The summed E-state index contributed by atoms with van der Waals surface area (Å²) >= 11 is 0. The third-order valence-corrected chi connectivity index (χ3v) is 3.58. The highest BCUT2D eigenvalue weighted by Crippen LogP contribution is 2.20. The van der Waals surface area contributed by atoms with Crippen molar-refractivity contribution in [3.63, 3.8) is 0 Å². The molecule has 0 aliphatic heterocycles. The molecule has 1 aliphatic carbocycles. The van der Waals surface area contributed by atoms with Crippen molar-refractivity contribution in [3.05, 3.63) is 0 Å². The minimum absolute atomic E-state index is 0.112. The molecule has 0 aromatic heterocycles. The number of carbonyl (C=O) groups is 2. The molecule has 116 valence electrons. The predicted molar refractivity (Wildman–Crippen MR) is 77.3 cm³/mol. The molecule has 0 atom stereocenters. The summed E-state index contributed by atoms with van der Waals surface area (Å²) in [5.41, 5.74) is 0. The van der Waals surface area contributed by atoms with E-state index in [-0.39, 0.29) is 18.0 Å². The molecule has 4 heteroatoms. The van der Waals surface area contributed by atoms with Gasteiger partial charge in [-0.05, 0) is 44.9 Å². The van der Waals surface area contributed by atoms with Crippen LogP contribution in [0.25, 0.3) is 0 Å². The van der Waals surface area contributed by atoms with Gasteiger partial charge in [-0.2, -0.15) is 0 Å². The molecule has 1 rings (SSSR count). The van der Waals surface area contributed by atoms with Crippen molar-refractivity contribution < 1.29 is 19.1 Å². The number of ether oxygens (including phenoxy) is 2. The predicted octanol–water partition coefficient (Wildman–Crippen LogP) is 3.77. The number of hydrogen-bond acceptors (Lipinski definition) is 4. The van der Waals surface area contributed by atoms with Crippen LogP contribution in [0.1, 0.15) is 77.6 Å². The van der Waals surface area contributed by atoms with Gasteiger partial charge >= 0.3 is 11.9 Å². The van der Waals surface area contributed by atoms with Gasteiger partial charge < -0.3 is 9.47 Å². The first-order chi connectivity index (χ1) is 9.72. The Morgan fingerprint density at radius 3 is 2.15 bits per heavy atom. The molecule has 0 aromatic rings. The minimum Gasteiger partial charge on any atom is -0.466 e. The maximum Gasteiger partial charge on any atom is 0.306 e. The summed E-state index contributed by atoms with van der Waals surface area (Å²) in [4.78, 5) is 23.0. The van der Waals surface area contributed by atoms with Crippen LogP contribution in [0, 0.1) is 0 Å². The summed E-state index contributed by atoms with van der Waals surface area (Å²) in [7, 11) is 0. The zero-order chi connectivity index (χ0) is 14.6. The maximum absolute atomic E-state index is 11.7. The van der Waals surface area contributed by atoms with E-state index < -0.39 is 0 Å². The number of esters is 2. The van der Waals surface area contributed by atoms with E-state index in [0.717, 1.165) is 19.3 Å². The lowest BCUT2D eigenvalue weighted by molar-refractivity contribution is -0.150. The molecule has 0 bridgehead atoms. The van der Waals surface area contributed by atoms with Crippen LogP contribution < -0.4 is 0 Å². The Kier molecular flexibility index (Phi) is 9.09. The molecule has 4 nitrogen and oxygen atoms in total. The zero-order valence-electron chi connectivity index (χ0n) is 12.7. The molecule has 1 fully saturated rings. The fourth-order valence-electron chi connectivity index (χ4n) is 2.43. The Hall–Kier alpha value is -1.06. The third kappa shape index (κ3) is 8.18. The number of hydrogen-bond donors (Lipinski definition) is 0. The summed E-state index contributed by atoms with van der Waals surface area (Å²) in [6.45, 7) is 2.46. The van der Waals surface area contributed by atoms with Gasteiger partial charge in [0.1, 0.15) is 6.10 Å². The van der Waals surface area contributed by atoms with Gasteiger partial charge in [0.15, 0.2) is 0 Å². The van der Waals surface area contributed by atoms with Crippen molar-refractivity contribution in [2.75, 3.05) is 6.61 Å². The largest absolute Gasteiger partial charge is 0.466 e. The monoisotopic (exact) mass is 284 g/mol. The van der Waals surface area contributed by atoms with Gasteiger partial charge in [0.2, 0.25) is 0 Å². The topological polar surface area (TPSA) is 52.6 Å². The molecule has 0 amide bonds. The Balaban J connectivity index is 2.03. The summed E-state index contributed by atoms with van der Waals surface area (Å²) in [6.07, 6.45) is 10.1. The average Bonchev–Trinajstić information content (AvgIpc) is 2.70. The minimum atomic E-state index is -0.163. The average molecular weight is 284 g/mol. The normalized spacial score (nSPS) is 16.4. The van der Waals surface area contributed by atoms with E-state index in [0.29, 0.717) is 32.3 Å². The maximum atomic E-state index is 11.7. The Morgan fingerprint density at radius 1 is 0.950 bits per heavy atom. The van der Waals surface area contributed by atoms with Crippen molar-refractivity contribution in [1.29, 1.82) is 0 Å². The summed E-state index contributed by atoms with van der Waals surface area (Å²) < 4.78 is 10.5. The van der Waals surface area contributed by atoms with Gasteiger partial charge in [-0.3, -0.25) is 9.59 Å². The van der Waals surface area contributed by atoms with E-state index in [1.807, 2.05) is 6.92 Å². The molecule has 1 saturated carbocycles. The fourth-order valence-corrected chi connectivity index (χ4v) is 2.43. The van der Waals surface area contributed by atoms with Crippen molar-refractivity contribution in [3.8, 4) is 0 Å². The van der Waals surface area contributed by atoms with E-state index in [1.54, 1.807) is 0 Å². The van der Waals surface area contributed by atoms with Gasteiger partial charge in [-0.1, -0.05) is 19.8 Å². The molecule has 1 aliphatic rings. The van der Waals surface area contributed by atoms with Gasteiger partial charge in [-0.15, -0.1) is 0 Å². The molecule has 0 heterocycles. The van der Waals surface area contributed by atoms with Crippen LogP contribution in [0.3, 0.4) is 0 Å². The summed E-state index contributed by atoms with van der Waals surface area (Å²) in [5, 5.41) is 0. The standard InChI is InChI=1S/C16H28O4/c1-2-13-19-15(17)11-7-8-12-16(18)20-14-9-5-3-4-6-10-14/h14H,2-13H2,1H3. The lowest BCUT2D eigenvalue weighted by Crippen LogP contribution is -2.17. The van der Waals surface area contributed by atoms with Crippen molar-refractivity contribution in [2.24, 2.45) is 0 Å². The first-order valence-corrected chi connectivity index (χ1v) is 8.07. The van der Waals surface area contributed by atoms with E-state index in [4.69, 9.17) is 9.47 Å². The van der Waals surface area contributed by atoms with Crippen molar-refractivity contribution >= 4 is 11.9 Å². The van der Waals surface area contributed by atoms with E-state index >= 15 is 0 Å². The highest BCUT2D eigenvalue weighted by molar-refractivity contribution is 5.70. The Labute approximate surface area is 122 Å². The van der Waals surface area contributed by atoms with Crippen LogP contribution in [-0.2, 0) is 19.1 Å². The second-order valence-electron chi connectivity index (χ2n) is 5.53. The van der Waals surface area contributed by atoms with Gasteiger partial charge in [-0.25, -0.2) is 0 Å². The van der Waals surface area contributed by atoms with Crippen LogP contribution >= 0.6 is 0 Å². The van der Waals surface area contributed by atoms with Crippen molar-refractivity contribution in [2.45, 2.75) is 83.7 Å². The van der Waals surface area contributed by atoms with E-state index in [1.165, 1.54) is 25.7 Å². The van der Waals surface area contributed by atoms with Crippen LogP contribution in [-0.4, -0.2) is 24.6 Å². The third-order valence-electron chi connectivity index (χ3n) is 3.58. The molecule has 0 radical (unpaired) electrons. The van der Waals surface area contributed by atoms with Gasteiger partial charge in [0.25, 0.3) is 0 Å². The second-order valence-corrected chi connectivity index (χ2v) is 5.53. The SMILES string of the molecule is CCCOC(=O)CCCCC(=O)OC1CCCCCC1. The smallest absolute Gasteiger partial charge is 0.306 e. The summed E-state index contributed by atoms with van der Waals surface area (Å²) in [6, 6.07) is 0. The Bertz CT molecular complexity index is 280.